The number of benzene rings is 6. The van der Waals surface area contributed by atoms with Crippen LogP contribution in [0, 0.1) is 5.41 Å². The van der Waals surface area contributed by atoms with Crippen LogP contribution in [-0.4, -0.2) is 15.3 Å². The maximum absolute atomic E-state index is 8.11. The molecule has 2 heterocycles. The van der Waals surface area contributed by atoms with Crippen LogP contribution >= 0.6 is 0 Å². The van der Waals surface area contributed by atoms with Crippen LogP contribution in [0.4, 0.5) is 0 Å². The van der Waals surface area contributed by atoms with Crippen molar-refractivity contribution in [3.05, 3.63) is 175 Å². The molecule has 0 aliphatic heterocycles. The zero-order chi connectivity index (χ0) is 32.4. The molecule has 8 aromatic rings. The van der Waals surface area contributed by atoms with Gasteiger partial charge in [-0.3, -0.25) is 0 Å². The van der Waals surface area contributed by atoms with Gasteiger partial charge in [-0.2, -0.15) is 0 Å². The summed E-state index contributed by atoms with van der Waals surface area (Å²) in [4.78, 5) is 0. The summed E-state index contributed by atoms with van der Waals surface area (Å²) < 4.78 is 4.78. The molecule has 48 heavy (non-hydrogen) atoms. The first-order valence-electron chi connectivity index (χ1n) is 16.2. The number of rotatable bonds is 6. The summed E-state index contributed by atoms with van der Waals surface area (Å²) in [6.45, 7) is 4.71. The van der Waals surface area contributed by atoms with Crippen molar-refractivity contribution < 1.29 is 0 Å². The monoisotopic (exact) mass is 616 g/mol. The molecule has 9 rings (SSSR count). The largest absolute Gasteiger partial charge is 0.404 e. The second kappa shape index (κ2) is 10.9. The summed E-state index contributed by atoms with van der Waals surface area (Å²) in [6, 6.07) is 48.0. The van der Waals surface area contributed by atoms with E-state index in [9.17, 15) is 0 Å². The van der Waals surface area contributed by atoms with Crippen LogP contribution in [-0.2, 0) is 6.54 Å². The molecule has 0 bridgehead atoms. The van der Waals surface area contributed by atoms with Crippen LogP contribution in [0.1, 0.15) is 16.7 Å². The van der Waals surface area contributed by atoms with E-state index >= 15 is 0 Å². The van der Waals surface area contributed by atoms with Crippen molar-refractivity contribution in [1.82, 2.24) is 9.13 Å². The lowest BCUT2D eigenvalue weighted by Gasteiger charge is -2.14. The molecule has 0 atom stereocenters. The second-order valence-corrected chi connectivity index (χ2v) is 12.4. The summed E-state index contributed by atoms with van der Waals surface area (Å²) >= 11 is 0. The molecule has 0 saturated heterocycles. The van der Waals surface area contributed by atoms with Crippen LogP contribution in [0.3, 0.4) is 0 Å². The Morgan fingerprint density at radius 1 is 0.604 bits per heavy atom. The van der Waals surface area contributed by atoms with Gasteiger partial charge in [0.2, 0.25) is 0 Å². The van der Waals surface area contributed by atoms with Crippen molar-refractivity contribution in [2.45, 2.75) is 6.54 Å². The Kier molecular flexibility index (Phi) is 6.31. The molecule has 6 aromatic carbocycles. The zero-order valence-electron chi connectivity index (χ0n) is 26.3. The van der Waals surface area contributed by atoms with Crippen molar-refractivity contribution in [2.75, 3.05) is 0 Å². The van der Waals surface area contributed by atoms with E-state index in [2.05, 4.69) is 149 Å². The van der Waals surface area contributed by atoms with Gasteiger partial charge in [-0.15, -0.1) is 0 Å². The lowest BCUT2D eigenvalue weighted by Crippen LogP contribution is -2.04. The maximum Gasteiger partial charge on any atom is 0.0547 e. The van der Waals surface area contributed by atoms with Gasteiger partial charge in [0.1, 0.15) is 0 Å². The van der Waals surface area contributed by atoms with Crippen molar-refractivity contribution in [1.29, 1.82) is 5.41 Å². The second-order valence-electron chi connectivity index (χ2n) is 12.4. The van der Waals surface area contributed by atoms with Gasteiger partial charge in [0.15, 0.2) is 0 Å². The third-order valence-electron chi connectivity index (χ3n) is 9.93. The molecule has 1 aliphatic carbocycles. The van der Waals surface area contributed by atoms with E-state index in [1.54, 1.807) is 6.20 Å². The van der Waals surface area contributed by atoms with E-state index < -0.39 is 0 Å². The minimum absolute atomic E-state index is 0.669. The van der Waals surface area contributed by atoms with Crippen LogP contribution in [0.15, 0.2) is 158 Å². The predicted molar refractivity (Wildman–Crippen MR) is 203 cm³/mol. The van der Waals surface area contributed by atoms with E-state index in [4.69, 9.17) is 11.1 Å². The molecule has 0 unspecified atom stereocenters. The summed E-state index contributed by atoms with van der Waals surface area (Å²) in [7, 11) is 0. The summed E-state index contributed by atoms with van der Waals surface area (Å²) in [5, 5.41) is 13.1. The standard InChI is InChI=1S/C44H32N4/c1-2-32-36-16-10-11-30(44(36)39(26-46)38(32)25-45)27-47-40-17-8-6-15-34(40)37-23-28(20-22-41(37)47)29-19-21-35-33-14-7-9-18-42(33)48(43(35)24-29)31-12-4-3-5-13-31/h2-26,45H,1,27,46H2/b39-26-,45-25?. The number of fused-ring (bicyclic) bond motifs is 7. The topological polar surface area (TPSA) is 59.7 Å². The number of nitrogens with two attached hydrogens (primary N) is 1. The third kappa shape index (κ3) is 3.99. The van der Waals surface area contributed by atoms with Gasteiger partial charge >= 0.3 is 0 Å². The molecule has 3 N–H and O–H groups in total. The number of hydrogen-bond acceptors (Lipinski definition) is 2. The van der Waals surface area contributed by atoms with E-state index in [0.29, 0.717) is 6.54 Å². The Hall–Kier alpha value is -6.39. The Labute approximate surface area is 278 Å². The van der Waals surface area contributed by atoms with E-state index in [1.165, 1.54) is 61.0 Å². The number of para-hydroxylation sites is 3. The molecule has 228 valence electrons. The predicted octanol–water partition coefficient (Wildman–Crippen LogP) is 10.5. The van der Waals surface area contributed by atoms with Gasteiger partial charge in [0.25, 0.3) is 0 Å². The molecule has 4 heteroatoms. The Balaban J connectivity index is 1.21. The Morgan fingerprint density at radius 3 is 2.04 bits per heavy atom. The van der Waals surface area contributed by atoms with E-state index in [-0.39, 0.29) is 0 Å². The minimum Gasteiger partial charge on any atom is -0.404 e. The average molecular weight is 617 g/mol. The fourth-order valence-corrected chi connectivity index (χ4v) is 7.83. The van der Waals surface area contributed by atoms with Crippen LogP contribution in [0.5, 0.6) is 0 Å². The molecule has 0 fully saturated rings. The average Bonchev–Trinajstić information content (AvgIpc) is 3.76. The van der Waals surface area contributed by atoms with E-state index in [0.717, 1.165) is 39.1 Å². The Bertz CT molecular complexity index is 2680. The first-order chi connectivity index (χ1) is 23.7. The SMILES string of the molecule is C=CC1=C(C=N)/C(=C/N)c2c(Cn3c4ccccc4c4cc(-c5ccc6c7ccccc7n(-c7ccccc7)c6c5)ccc43)cccc21. The molecular formula is C44H32N4. The number of aromatic nitrogens is 2. The van der Waals surface area contributed by atoms with Gasteiger partial charge < -0.3 is 20.3 Å². The van der Waals surface area contributed by atoms with Gasteiger partial charge in [0, 0.05) is 68.4 Å². The van der Waals surface area contributed by atoms with Crippen molar-refractivity contribution in [3.8, 4) is 16.8 Å². The quantitative estimate of drug-likeness (QED) is 0.179. The molecular weight excluding hydrogens is 585 g/mol. The highest BCUT2D eigenvalue weighted by atomic mass is 15.0. The highest BCUT2D eigenvalue weighted by Crippen LogP contribution is 2.43. The summed E-state index contributed by atoms with van der Waals surface area (Å²) in [5.74, 6) is 0. The number of hydrogen-bond donors (Lipinski definition) is 2. The normalized spacial score (nSPS) is 13.7. The minimum atomic E-state index is 0.669. The number of allylic oxidation sites excluding steroid dienone is 4. The first kappa shape index (κ1) is 27.9. The fraction of sp³-hybridized carbons (Fsp3) is 0.0227. The van der Waals surface area contributed by atoms with Crippen LogP contribution in [0.25, 0.3) is 71.6 Å². The third-order valence-corrected chi connectivity index (χ3v) is 9.93. The molecule has 2 aromatic heterocycles. The molecule has 0 radical (unpaired) electrons. The highest BCUT2D eigenvalue weighted by Gasteiger charge is 2.26. The fourth-order valence-electron chi connectivity index (χ4n) is 7.83. The van der Waals surface area contributed by atoms with Gasteiger partial charge in [-0.05, 0) is 75.9 Å². The maximum atomic E-state index is 8.11. The number of nitrogens with one attached hydrogen (secondary N) is 1. The molecule has 1 aliphatic rings. The lowest BCUT2D eigenvalue weighted by molar-refractivity contribution is 0.866. The van der Waals surface area contributed by atoms with Gasteiger partial charge in [-0.1, -0.05) is 104 Å². The molecule has 0 saturated carbocycles. The van der Waals surface area contributed by atoms with Gasteiger partial charge in [0.05, 0.1) is 11.0 Å². The number of nitrogens with zero attached hydrogens (tertiary/aromatic N) is 2. The van der Waals surface area contributed by atoms with Crippen LogP contribution < -0.4 is 5.73 Å². The van der Waals surface area contributed by atoms with Gasteiger partial charge in [-0.25, -0.2) is 0 Å². The lowest BCUT2D eigenvalue weighted by atomic mass is 9.97. The zero-order valence-corrected chi connectivity index (χ0v) is 26.3. The summed E-state index contributed by atoms with van der Waals surface area (Å²) in [6.07, 6.45) is 4.85. The molecule has 4 nitrogen and oxygen atoms in total. The smallest absolute Gasteiger partial charge is 0.0547 e. The van der Waals surface area contributed by atoms with E-state index in [1.807, 2.05) is 6.08 Å². The van der Waals surface area contributed by atoms with Crippen LogP contribution in [0.2, 0.25) is 0 Å². The molecule has 0 amide bonds. The molecule has 0 spiro atoms. The van der Waals surface area contributed by atoms with Crippen molar-refractivity contribution >= 4 is 61.0 Å². The van der Waals surface area contributed by atoms with Crippen molar-refractivity contribution in [3.63, 3.8) is 0 Å². The summed E-state index contributed by atoms with van der Waals surface area (Å²) in [5.41, 5.74) is 20.4. The first-order valence-corrected chi connectivity index (χ1v) is 16.2. The van der Waals surface area contributed by atoms with Crippen molar-refractivity contribution in [2.24, 2.45) is 5.73 Å². The highest BCUT2D eigenvalue weighted by molar-refractivity contribution is 6.16. The Morgan fingerprint density at radius 2 is 1.27 bits per heavy atom.